The molecule has 2 aliphatic heterocycles. The first-order valence-corrected chi connectivity index (χ1v) is 10.6. The zero-order chi connectivity index (χ0) is 20.5. The smallest absolute Gasteiger partial charge is 0.306 e. The molecule has 2 bridgehead atoms. The molecule has 2 aliphatic rings. The zero-order valence-electron chi connectivity index (χ0n) is 17.1. The summed E-state index contributed by atoms with van der Waals surface area (Å²) in [5.74, 6) is -0.238. The van der Waals surface area contributed by atoms with Gasteiger partial charge in [0, 0.05) is 23.5 Å². The maximum Gasteiger partial charge on any atom is 0.306 e. The Morgan fingerprint density at radius 2 is 1.97 bits per heavy atom. The maximum absolute atomic E-state index is 11.6. The van der Waals surface area contributed by atoms with Crippen molar-refractivity contribution in [2.24, 2.45) is 5.92 Å². The molecule has 152 valence electrons. The summed E-state index contributed by atoms with van der Waals surface area (Å²) < 4.78 is 5.66. The summed E-state index contributed by atoms with van der Waals surface area (Å²) in [6.45, 7) is 4.66. The Kier molecular flexibility index (Phi) is 5.47. The van der Waals surface area contributed by atoms with Crippen molar-refractivity contribution >= 4 is 16.7 Å². The van der Waals surface area contributed by atoms with Crippen molar-refractivity contribution in [2.75, 3.05) is 6.61 Å². The van der Waals surface area contributed by atoms with Gasteiger partial charge in [0.05, 0.1) is 12.5 Å². The van der Waals surface area contributed by atoms with E-state index in [1.165, 1.54) is 12.0 Å². The van der Waals surface area contributed by atoms with Gasteiger partial charge in [-0.25, -0.2) is 0 Å². The van der Waals surface area contributed by atoms with Crippen LogP contribution in [0.15, 0.2) is 30.3 Å². The number of hydrogen-bond acceptors (Lipinski definition) is 4. The molecule has 0 aliphatic carbocycles. The largest absolute Gasteiger partial charge is 0.492 e. The molecule has 0 saturated carbocycles. The minimum atomic E-state index is -0.651. The van der Waals surface area contributed by atoms with Crippen LogP contribution in [-0.4, -0.2) is 34.7 Å². The Morgan fingerprint density at radius 1 is 1.28 bits per heavy atom. The van der Waals surface area contributed by atoms with Crippen molar-refractivity contribution in [1.29, 1.82) is 5.26 Å². The van der Waals surface area contributed by atoms with Crippen LogP contribution >= 0.6 is 0 Å². The second kappa shape index (κ2) is 8.04. The number of aliphatic carboxylic acids is 1. The minimum absolute atomic E-state index is 0.187. The van der Waals surface area contributed by atoms with E-state index in [9.17, 15) is 15.2 Å². The van der Waals surface area contributed by atoms with E-state index < -0.39 is 5.97 Å². The molecular formula is C24H28N2O3. The quantitative estimate of drug-likeness (QED) is 0.784. The Bertz CT molecular complexity index is 950. The highest BCUT2D eigenvalue weighted by molar-refractivity contribution is 5.90. The summed E-state index contributed by atoms with van der Waals surface area (Å²) in [6, 6.07) is 13.4. The summed E-state index contributed by atoms with van der Waals surface area (Å²) >= 11 is 0. The van der Waals surface area contributed by atoms with Gasteiger partial charge < -0.3 is 9.84 Å². The molecule has 29 heavy (non-hydrogen) atoms. The first-order valence-electron chi connectivity index (χ1n) is 10.6. The van der Waals surface area contributed by atoms with Crippen molar-refractivity contribution in [2.45, 2.75) is 64.1 Å². The second-order valence-electron chi connectivity index (χ2n) is 8.33. The molecule has 3 atom stereocenters. The van der Waals surface area contributed by atoms with Crippen LogP contribution in [0.1, 0.15) is 63.1 Å². The van der Waals surface area contributed by atoms with Crippen molar-refractivity contribution in [1.82, 2.24) is 4.90 Å². The van der Waals surface area contributed by atoms with Gasteiger partial charge in [-0.2, -0.15) is 5.26 Å². The van der Waals surface area contributed by atoms with E-state index in [2.05, 4.69) is 36.1 Å². The van der Waals surface area contributed by atoms with Crippen molar-refractivity contribution < 1.29 is 14.6 Å². The molecule has 2 heterocycles. The fraction of sp³-hybridized carbons (Fsp3) is 0.500. The maximum atomic E-state index is 11.6. The molecule has 0 aromatic heterocycles. The number of ether oxygens (including phenoxy) is 1. The van der Waals surface area contributed by atoms with Crippen LogP contribution in [0.5, 0.6) is 5.75 Å². The normalized spacial score (nSPS) is 25.3. The van der Waals surface area contributed by atoms with Crippen molar-refractivity contribution in [3.63, 3.8) is 0 Å². The van der Waals surface area contributed by atoms with Crippen LogP contribution in [0.4, 0.5) is 0 Å². The number of benzene rings is 2. The van der Waals surface area contributed by atoms with E-state index in [1.54, 1.807) is 0 Å². The van der Waals surface area contributed by atoms with E-state index in [0.29, 0.717) is 30.0 Å². The molecule has 3 unspecified atom stereocenters. The van der Waals surface area contributed by atoms with E-state index in [-0.39, 0.29) is 12.0 Å². The van der Waals surface area contributed by atoms with Crippen molar-refractivity contribution in [3.05, 3.63) is 41.5 Å². The predicted octanol–water partition coefficient (Wildman–Crippen LogP) is 4.89. The Hall–Kier alpha value is -2.58. The van der Waals surface area contributed by atoms with Gasteiger partial charge in [0.2, 0.25) is 0 Å². The number of rotatable bonds is 5. The van der Waals surface area contributed by atoms with Crippen LogP contribution in [0, 0.1) is 17.2 Å². The number of piperidine rings is 2. The molecule has 1 N–H and O–H groups in total. The second-order valence-corrected chi connectivity index (χ2v) is 8.33. The monoisotopic (exact) mass is 392 g/mol. The average molecular weight is 392 g/mol. The molecule has 0 amide bonds. The summed E-state index contributed by atoms with van der Waals surface area (Å²) in [4.78, 5) is 14.1. The van der Waals surface area contributed by atoms with E-state index in [1.807, 2.05) is 19.1 Å². The van der Waals surface area contributed by atoms with E-state index in [0.717, 1.165) is 36.5 Å². The highest BCUT2D eigenvalue weighted by Gasteiger charge is 2.42. The number of carboxylic acid groups (broad SMARTS) is 1. The Balaban J connectivity index is 1.69. The Labute approximate surface area is 171 Å². The van der Waals surface area contributed by atoms with Gasteiger partial charge in [-0.15, -0.1) is 0 Å². The fourth-order valence-corrected chi connectivity index (χ4v) is 5.39. The first-order chi connectivity index (χ1) is 14.0. The van der Waals surface area contributed by atoms with E-state index >= 15 is 0 Å². The highest BCUT2D eigenvalue weighted by Crippen LogP contribution is 2.42. The summed E-state index contributed by atoms with van der Waals surface area (Å²) in [7, 11) is 0. The third-order valence-corrected chi connectivity index (χ3v) is 6.73. The molecule has 5 heteroatoms. The molecule has 0 spiro atoms. The van der Waals surface area contributed by atoms with Gasteiger partial charge in [0.25, 0.3) is 0 Å². The number of nitriles is 1. The molecule has 5 nitrogen and oxygen atoms in total. The summed E-state index contributed by atoms with van der Waals surface area (Å²) in [5, 5.41) is 21.2. The number of carbonyl (C=O) groups is 1. The van der Waals surface area contributed by atoms with Gasteiger partial charge in [-0.1, -0.05) is 24.6 Å². The molecule has 4 rings (SSSR count). The van der Waals surface area contributed by atoms with E-state index in [4.69, 9.17) is 4.74 Å². The SMILES string of the molecule is CCOc1ccc2ccc(C(C)N3C4CCCC3CC(C(=O)O)C4)cc2c1C#N. The summed E-state index contributed by atoms with van der Waals surface area (Å²) in [6.07, 6.45) is 4.79. The van der Waals surface area contributed by atoms with Gasteiger partial charge >= 0.3 is 5.97 Å². The lowest BCUT2D eigenvalue weighted by Crippen LogP contribution is -2.53. The van der Waals surface area contributed by atoms with Crippen LogP contribution < -0.4 is 4.74 Å². The minimum Gasteiger partial charge on any atom is -0.492 e. The molecule has 0 radical (unpaired) electrons. The Morgan fingerprint density at radius 3 is 2.59 bits per heavy atom. The van der Waals surface area contributed by atoms with Gasteiger partial charge in [0.1, 0.15) is 17.4 Å². The van der Waals surface area contributed by atoms with Gasteiger partial charge in [0.15, 0.2) is 0 Å². The lowest BCUT2D eigenvalue weighted by molar-refractivity contribution is -0.147. The number of fused-ring (bicyclic) bond motifs is 3. The average Bonchev–Trinajstić information content (AvgIpc) is 2.71. The molecule has 2 fully saturated rings. The predicted molar refractivity (Wildman–Crippen MR) is 112 cm³/mol. The molecular weight excluding hydrogens is 364 g/mol. The summed E-state index contributed by atoms with van der Waals surface area (Å²) in [5.41, 5.74) is 1.76. The number of carboxylic acids is 1. The lowest BCUT2D eigenvalue weighted by Gasteiger charge is -2.51. The standard InChI is InChI=1S/C24H28N2O3/c1-3-29-23-10-9-16-7-8-17(13-21(16)22(23)14-25)15(2)26-19-5-4-6-20(26)12-18(11-19)24(27)28/h7-10,13,15,18-20H,3-6,11-12H2,1-2H3,(H,27,28). The van der Waals surface area contributed by atoms with Crippen LogP contribution in [-0.2, 0) is 4.79 Å². The van der Waals surface area contributed by atoms with Crippen LogP contribution in [0.2, 0.25) is 0 Å². The third kappa shape index (κ3) is 3.58. The topological polar surface area (TPSA) is 73.6 Å². The molecule has 2 aromatic carbocycles. The molecule has 2 saturated heterocycles. The molecule has 2 aromatic rings. The van der Waals surface area contributed by atoms with Crippen LogP contribution in [0.3, 0.4) is 0 Å². The van der Waals surface area contributed by atoms with Crippen molar-refractivity contribution in [3.8, 4) is 11.8 Å². The number of hydrogen-bond donors (Lipinski definition) is 1. The van der Waals surface area contributed by atoms with Gasteiger partial charge in [-0.3, -0.25) is 9.69 Å². The van der Waals surface area contributed by atoms with Crippen LogP contribution in [0.25, 0.3) is 10.8 Å². The fourth-order valence-electron chi connectivity index (χ4n) is 5.39. The van der Waals surface area contributed by atoms with Gasteiger partial charge in [-0.05, 0) is 62.6 Å². The number of nitrogens with zero attached hydrogens (tertiary/aromatic N) is 2. The zero-order valence-corrected chi connectivity index (χ0v) is 17.1. The third-order valence-electron chi connectivity index (χ3n) is 6.73. The highest BCUT2D eigenvalue weighted by atomic mass is 16.5. The first kappa shape index (κ1) is 19.7. The lowest BCUT2D eigenvalue weighted by atomic mass is 9.77.